The Kier molecular flexibility index (Phi) is 4.93. The molecule has 5 heteroatoms. The Hall–Kier alpha value is -0.940. The number of halogens is 2. The van der Waals surface area contributed by atoms with Gasteiger partial charge in [0, 0.05) is 19.1 Å². The topological polar surface area (TPSA) is 32.3 Å². The van der Waals surface area contributed by atoms with Gasteiger partial charge in [-0.25, -0.2) is 4.39 Å². The molecule has 19 heavy (non-hydrogen) atoms. The van der Waals surface area contributed by atoms with Crippen LogP contribution in [0.3, 0.4) is 0 Å². The SMILES string of the molecule is CNCC1CCCCN1C(=O)c1cccc(Br)c1F. The summed E-state index contributed by atoms with van der Waals surface area (Å²) < 4.78 is 14.3. The van der Waals surface area contributed by atoms with E-state index in [0.29, 0.717) is 11.0 Å². The van der Waals surface area contributed by atoms with E-state index in [0.717, 1.165) is 25.8 Å². The number of likely N-dealkylation sites (N-methyl/N-ethyl adjacent to an activating group) is 1. The van der Waals surface area contributed by atoms with Crippen LogP contribution in [-0.2, 0) is 0 Å². The summed E-state index contributed by atoms with van der Waals surface area (Å²) in [6.45, 7) is 1.46. The van der Waals surface area contributed by atoms with Gasteiger partial charge in [-0.2, -0.15) is 0 Å². The van der Waals surface area contributed by atoms with Crippen LogP contribution < -0.4 is 5.32 Å². The van der Waals surface area contributed by atoms with Gasteiger partial charge in [0.2, 0.25) is 0 Å². The molecule has 0 radical (unpaired) electrons. The van der Waals surface area contributed by atoms with E-state index in [2.05, 4.69) is 21.2 Å². The number of nitrogens with one attached hydrogen (secondary N) is 1. The lowest BCUT2D eigenvalue weighted by molar-refractivity contribution is 0.0610. The molecule has 1 N–H and O–H groups in total. The van der Waals surface area contributed by atoms with Crippen LogP contribution in [-0.4, -0.2) is 37.0 Å². The Morgan fingerprint density at radius 2 is 2.32 bits per heavy atom. The molecule has 1 unspecified atom stereocenters. The fraction of sp³-hybridized carbons (Fsp3) is 0.500. The first-order valence-electron chi connectivity index (χ1n) is 6.54. The molecule has 1 aliphatic rings. The van der Waals surface area contributed by atoms with Crippen LogP contribution >= 0.6 is 15.9 Å². The molecule has 2 rings (SSSR count). The van der Waals surface area contributed by atoms with Gasteiger partial charge in [0.1, 0.15) is 5.82 Å². The Labute approximate surface area is 121 Å². The van der Waals surface area contributed by atoms with E-state index in [1.54, 1.807) is 23.1 Å². The summed E-state index contributed by atoms with van der Waals surface area (Å²) in [7, 11) is 1.87. The van der Waals surface area contributed by atoms with Gasteiger partial charge in [0.05, 0.1) is 10.0 Å². The highest BCUT2D eigenvalue weighted by atomic mass is 79.9. The molecule has 3 nitrogen and oxygen atoms in total. The van der Waals surface area contributed by atoms with E-state index >= 15 is 0 Å². The molecule has 1 heterocycles. The smallest absolute Gasteiger partial charge is 0.257 e. The van der Waals surface area contributed by atoms with E-state index in [1.807, 2.05) is 7.05 Å². The minimum absolute atomic E-state index is 0.150. The van der Waals surface area contributed by atoms with E-state index < -0.39 is 5.82 Å². The van der Waals surface area contributed by atoms with E-state index in [4.69, 9.17) is 0 Å². The van der Waals surface area contributed by atoms with Crippen molar-refractivity contribution in [2.45, 2.75) is 25.3 Å². The third-order valence-electron chi connectivity index (χ3n) is 3.51. The zero-order valence-corrected chi connectivity index (χ0v) is 12.5. The maximum absolute atomic E-state index is 14.0. The second-order valence-corrected chi connectivity index (χ2v) is 5.66. The standard InChI is InChI=1S/C14H18BrFN2O/c1-17-9-10-5-2-3-8-18(10)14(19)11-6-4-7-12(15)13(11)16/h4,6-7,10,17H,2-3,5,8-9H2,1H3. The molecule has 0 spiro atoms. The number of amides is 1. The van der Waals surface area contributed by atoms with Crippen LogP contribution in [0.5, 0.6) is 0 Å². The van der Waals surface area contributed by atoms with Crippen LogP contribution in [0.15, 0.2) is 22.7 Å². The molecular weight excluding hydrogens is 311 g/mol. The Morgan fingerprint density at radius 1 is 1.53 bits per heavy atom. The number of nitrogens with zero attached hydrogens (tertiary/aromatic N) is 1. The quantitative estimate of drug-likeness (QED) is 0.925. The normalized spacial score (nSPS) is 19.5. The average Bonchev–Trinajstić information content (AvgIpc) is 2.42. The number of rotatable bonds is 3. The van der Waals surface area contributed by atoms with E-state index in [-0.39, 0.29) is 17.5 Å². The lowest BCUT2D eigenvalue weighted by atomic mass is 10.0. The van der Waals surface area contributed by atoms with Crippen molar-refractivity contribution in [2.75, 3.05) is 20.1 Å². The van der Waals surface area contributed by atoms with Gasteiger partial charge in [-0.1, -0.05) is 6.07 Å². The molecule has 1 saturated heterocycles. The first-order valence-corrected chi connectivity index (χ1v) is 7.34. The molecule has 1 amide bonds. The monoisotopic (exact) mass is 328 g/mol. The Bertz CT molecular complexity index is 465. The number of benzene rings is 1. The summed E-state index contributed by atoms with van der Waals surface area (Å²) in [5.41, 5.74) is 0.150. The fourth-order valence-corrected chi connectivity index (χ4v) is 2.91. The largest absolute Gasteiger partial charge is 0.334 e. The molecular formula is C14H18BrFN2O. The van der Waals surface area contributed by atoms with Crippen LogP contribution in [0, 0.1) is 5.82 Å². The summed E-state index contributed by atoms with van der Waals surface area (Å²) in [6, 6.07) is 5.00. The average molecular weight is 329 g/mol. The van der Waals surface area contributed by atoms with E-state index in [1.165, 1.54) is 0 Å². The molecule has 1 aliphatic heterocycles. The summed E-state index contributed by atoms with van der Waals surface area (Å²) in [4.78, 5) is 14.3. The molecule has 1 aromatic rings. The molecule has 0 aromatic heterocycles. The summed E-state index contributed by atoms with van der Waals surface area (Å²) in [6.07, 6.45) is 3.08. The van der Waals surface area contributed by atoms with Gasteiger partial charge in [-0.3, -0.25) is 4.79 Å². The zero-order valence-electron chi connectivity index (χ0n) is 11.0. The number of likely N-dealkylation sites (tertiary alicyclic amines) is 1. The van der Waals surface area contributed by atoms with Crippen LogP contribution in [0.2, 0.25) is 0 Å². The van der Waals surface area contributed by atoms with Gasteiger partial charge < -0.3 is 10.2 Å². The van der Waals surface area contributed by atoms with Crippen LogP contribution in [0.25, 0.3) is 0 Å². The first kappa shape index (κ1) is 14.5. The highest BCUT2D eigenvalue weighted by molar-refractivity contribution is 9.10. The van der Waals surface area contributed by atoms with Crippen molar-refractivity contribution in [1.82, 2.24) is 10.2 Å². The third kappa shape index (κ3) is 3.15. The van der Waals surface area contributed by atoms with Crippen molar-refractivity contribution in [3.8, 4) is 0 Å². The van der Waals surface area contributed by atoms with Crippen molar-refractivity contribution < 1.29 is 9.18 Å². The van der Waals surface area contributed by atoms with Gasteiger partial charge in [-0.15, -0.1) is 0 Å². The minimum Gasteiger partial charge on any atom is -0.334 e. The lowest BCUT2D eigenvalue weighted by Gasteiger charge is -2.35. The predicted molar refractivity (Wildman–Crippen MR) is 76.7 cm³/mol. The number of hydrogen-bond donors (Lipinski definition) is 1. The molecule has 104 valence electrons. The molecule has 0 aliphatic carbocycles. The number of carbonyl (C=O) groups excluding carboxylic acids is 1. The maximum Gasteiger partial charge on any atom is 0.257 e. The fourth-order valence-electron chi connectivity index (χ4n) is 2.54. The number of piperidine rings is 1. The first-order chi connectivity index (χ1) is 9.15. The number of carbonyl (C=O) groups is 1. The maximum atomic E-state index is 14.0. The highest BCUT2D eigenvalue weighted by Gasteiger charge is 2.28. The van der Waals surface area contributed by atoms with Gasteiger partial charge in [0.25, 0.3) is 5.91 Å². The van der Waals surface area contributed by atoms with E-state index in [9.17, 15) is 9.18 Å². The minimum atomic E-state index is -0.471. The highest BCUT2D eigenvalue weighted by Crippen LogP contribution is 2.23. The zero-order chi connectivity index (χ0) is 13.8. The molecule has 0 bridgehead atoms. The molecule has 0 saturated carbocycles. The number of hydrogen-bond acceptors (Lipinski definition) is 2. The van der Waals surface area contributed by atoms with Crippen molar-refractivity contribution in [1.29, 1.82) is 0 Å². The summed E-state index contributed by atoms with van der Waals surface area (Å²) in [5.74, 6) is -0.681. The lowest BCUT2D eigenvalue weighted by Crippen LogP contribution is -2.48. The van der Waals surface area contributed by atoms with Crippen molar-refractivity contribution in [3.05, 3.63) is 34.1 Å². The van der Waals surface area contributed by atoms with Crippen molar-refractivity contribution in [2.24, 2.45) is 0 Å². The third-order valence-corrected chi connectivity index (χ3v) is 4.12. The van der Waals surface area contributed by atoms with Crippen molar-refractivity contribution >= 4 is 21.8 Å². The molecule has 1 fully saturated rings. The van der Waals surface area contributed by atoms with Crippen LogP contribution in [0.1, 0.15) is 29.6 Å². The Balaban J connectivity index is 2.23. The predicted octanol–water partition coefficient (Wildman–Crippen LogP) is 2.80. The second kappa shape index (κ2) is 6.48. The second-order valence-electron chi connectivity index (χ2n) is 4.81. The van der Waals surface area contributed by atoms with Gasteiger partial charge >= 0.3 is 0 Å². The molecule has 1 aromatic carbocycles. The molecule has 1 atom stereocenters. The van der Waals surface area contributed by atoms with Crippen molar-refractivity contribution in [3.63, 3.8) is 0 Å². The summed E-state index contributed by atoms with van der Waals surface area (Å²) in [5, 5.41) is 3.10. The Morgan fingerprint density at radius 3 is 3.05 bits per heavy atom. The van der Waals surface area contributed by atoms with Gasteiger partial charge in [0.15, 0.2) is 0 Å². The van der Waals surface area contributed by atoms with Gasteiger partial charge in [-0.05, 0) is 54.4 Å². The van der Waals surface area contributed by atoms with Crippen LogP contribution in [0.4, 0.5) is 4.39 Å². The summed E-state index contributed by atoms with van der Waals surface area (Å²) >= 11 is 3.13.